The van der Waals surface area contributed by atoms with Gasteiger partial charge in [0.1, 0.15) is 11.9 Å². The van der Waals surface area contributed by atoms with E-state index in [0.717, 1.165) is 48.8 Å². The highest BCUT2D eigenvalue weighted by Gasteiger charge is 2.31. The van der Waals surface area contributed by atoms with Gasteiger partial charge < -0.3 is 14.4 Å². The number of aryl methyl sites for hydroxylation is 2. The molecule has 40 heavy (non-hydrogen) atoms. The highest BCUT2D eigenvalue weighted by Crippen LogP contribution is 2.35. The van der Waals surface area contributed by atoms with Crippen molar-refractivity contribution in [3.8, 4) is 0 Å². The number of hydrogen-bond donors (Lipinski definition) is 2. The average molecular weight is 588 g/mol. The van der Waals surface area contributed by atoms with Crippen LogP contribution in [-0.4, -0.2) is 41.2 Å². The van der Waals surface area contributed by atoms with Gasteiger partial charge in [0.15, 0.2) is 10.8 Å². The number of aromatic carboxylic acids is 1. The number of halogens is 1. The number of nitrogens with zero attached hydrogens (tertiary/aromatic N) is 2. The maximum Gasteiger partial charge on any atom is 0.421 e. The van der Waals surface area contributed by atoms with Crippen LogP contribution in [0.5, 0.6) is 0 Å². The van der Waals surface area contributed by atoms with Crippen molar-refractivity contribution in [3.63, 3.8) is 0 Å². The van der Waals surface area contributed by atoms with Crippen LogP contribution in [0.15, 0.2) is 53.4 Å². The number of carboxylic acid groups (broad SMARTS) is 1. The lowest BCUT2D eigenvalue weighted by Crippen LogP contribution is -2.37. The Morgan fingerprint density at radius 2 is 1.77 bits per heavy atom. The lowest BCUT2D eigenvalue weighted by atomic mass is 9.81. The van der Waals surface area contributed by atoms with Crippen LogP contribution in [0, 0.1) is 6.92 Å². The highest BCUT2D eigenvalue weighted by molar-refractivity contribution is 7.90. The van der Waals surface area contributed by atoms with Crippen molar-refractivity contribution in [3.05, 3.63) is 81.9 Å². The Balaban J connectivity index is 1.47. The summed E-state index contributed by atoms with van der Waals surface area (Å²) in [6.45, 7) is 4.21. The zero-order valence-electron chi connectivity index (χ0n) is 22.6. The predicted octanol–water partition coefficient (Wildman–Crippen LogP) is 6.08. The topological polar surface area (TPSA) is 128 Å². The zero-order chi connectivity index (χ0) is 28.9. The average Bonchev–Trinajstić information content (AvgIpc) is 3.22. The molecule has 0 radical (unpaired) electrons. The first-order valence-electron chi connectivity index (χ1n) is 13.5. The minimum Gasteiger partial charge on any atom is -0.476 e. The number of hydrogen-bond acceptors (Lipinski definition) is 6. The first-order chi connectivity index (χ1) is 19.1. The number of aromatic nitrogens is 2. The van der Waals surface area contributed by atoms with E-state index in [4.69, 9.17) is 16.3 Å². The van der Waals surface area contributed by atoms with Gasteiger partial charge in [-0.25, -0.2) is 27.7 Å². The third-order valence-corrected chi connectivity index (χ3v) is 8.81. The van der Waals surface area contributed by atoms with Gasteiger partial charge in [-0.3, -0.25) is 0 Å². The van der Waals surface area contributed by atoms with Crippen LogP contribution in [0.1, 0.15) is 84.4 Å². The Bertz CT molecular complexity index is 1450. The summed E-state index contributed by atoms with van der Waals surface area (Å²) >= 11 is 6.16. The first-order valence-corrected chi connectivity index (χ1v) is 15.3. The molecule has 1 aliphatic carbocycles. The molecule has 1 aliphatic rings. The molecular formula is C29H34ClN3O6S. The van der Waals surface area contributed by atoms with Crippen LogP contribution in [0.3, 0.4) is 0 Å². The summed E-state index contributed by atoms with van der Waals surface area (Å²) in [4.78, 5) is 28.8. The number of carboxylic acids is 1. The van der Waals surface area contributed by atoms with Crippen LogP contribution < -0.4 is 4.72 Å². The Labute approximate surface area is 239 Å². The zero-order valence-corrected chi connectivity index (χ0v) is 24.2. The van der Waals surface area contributed by atoms with Crippen molar-refractivity contribution in [1.29, 1.82) is 0 Å². The van der Waals surface area contributed by atoms with Crippen molar-refractivity contribution in [1.82, 2.24) is 14.3 Å². The predicted molar refractivity (Wildman–Crippen MR) is 151 cm³/mol. The molecule has 1 aromatic heterocycles. The second-order valence-electron chi connectivity index (χ2n) is 10.2. The molecule has 0 aliphatic heterocycles. The molecule has 0 bridgehead atoms. The van der Waals surface area contributed by atoms with E-state index in [0.29, 0.717) is 25.2 Å². The van der Waals surface area contributed by atoms with Gasteiger partial charge in [-0.2, -0.15) is 0 Å². The van der Waals surface area contributed by atoms with E-state index in [9.17, 15) is 23.1 Å². The molecule has 1 amide bonds. The van der Waals surface area contributed by atoms with E-state index in [1.807, 2.05) is 35.9 Å². The van der Waals surface area contributed by atoms with Gasteiger partial charge in [0, 0.05) is 18.9 Å². The van der Waals surface area contributed by atoms with Crippen LogP contribution in [0.2, 0.25) is 5.15 Å². The van der Waals surface area contributed by atoms with Crippen molar-refractivity contribution in [2.75, 3.05) is 0 Å². The second-order valence-corrected chi connectivity index (χ2v) is 12.2. The van der Waals surface area contributed by atoms with Crippen molar-refractivity contribution >= 4 is 33.7 Å². The Hall–Kier alpha value is -3.37. The number of nitrogens with one attached hydrogen (secondary N) is 1. The molecule has 0 unspecified atom stereocenters. The highest BCUT2D eigenvalue weighted by atomic mass is 35.5. The van der Waals surface area contributed by atoms with Crippen LogP contribution in [0.4, 0.5) is 4.79 Å². The van der Waals surface area contributed by atoms with E-state index >= 15 is 0 Å². The van der Waals surface area contributed by atoms with Gasteiger partial charge in [-0.15, -0.1) is 0 Å². The normalized spacial score (nSPS) is 17.4. The number of rotatable bonds is 10. The van der Waals surface area contributed by atoms with Gasteiger partial charge in [-0.1, -0.05) is 73.3 Å². The van der Waals surface area contributed by atoms with Crippen molar-refractivity contribution < 1.29 is 27.9 Å². The summed E-state index contributed by atoms with van der Waals surface area (Å²) < 4.78 is 34.6. The lowest BCUT2D eigenvalue weighted by molar-refractivity contribution is 0.0648. The largest absolute Gasteiger partial charge is 0.476 e. The van der Waals surface area contributed by atoms with Crippen molar-refractivity contribution in [2.45, 2.75) is 82.3 Å². The minimum atomic E-state index is -4.05. The van der Waals surface area contributed by atoms with E-state index in [-0.39, 0.29) is 21.7 Å². The summed E-state index contributed by atoms with van der Waals surface area (Å²) in [6, 6.07) is 14.0. The standard InChI is InChI=1S/C29H34ClN3O6S/c1-3-4-9-25-31-27(30)26(28(34)35)33(25)18-20-12-14-21(15-13-20)23-7-5-6-8-24(23)39-29(36)32-40(37,38)22-16-10-19(2)11-17-22/h10-17,23-24H,3-9,18H2,1-2H3,(H,32,36)(H,34,35)/t23-,24+/m0/s1. The van der Waals surface area contributed by atoms with Crippen LogP contribution in [0.25, 0.3) is 0 Å². The molecule has 1 fully saturated rings. The lowest BCUT2D eigenvalue weighted by Gasteiger charge is -2.31. The maximum absolute atomic E-state index is 12.6. The van der Waals surface area contributed by atoms with Crippen LogP contribution in [-0.2, 0) is 27.7 Å². The van der Waals surface area contributed by atoms with Gasteiger partial charge in [0.05, 0.1) is 4.90 Å². The smallest absolute Gasteiger partial charge is 0.421 e. The Kier molecular flexibility index (Phi) is 9.52. The summed E-state index contributed by atoms with van der Waals surface area (Å²) in [6.07, 6.45) is 4.24. The molecule has 1 saturated carbocycles. The number of carbonyl (C=O) groups excluding carboxylic acids is 1. The molecule has 11 heteroatoms. The molecule has 214 valence electrons. The number of amides is 1. The van der Waals surface area contributed by atoms with Crippen LogP contribution >= 0.6 is 11.6 Å². The SMILES string of the molecule is CCCCc1nc(Cl)c(C(=O)O)n1Cc1ccc([C@@H]2CCCC[C@H]2OC(=O)NS(=O)(=O)c2ccc(C)cc2)cc1. The molecule has 0 spiro atoms. The molecule has 2 aromatic carbocycles. The summed E-state index contributed by atoms with van der Waals surface area (Å²) in [5.41, 5.74) is 2.74. The molecule has 3 aromatic rings. The number of ether oxygens (including phenoxy) is 1. The maximum atomic E-state index is 12.6. The second kappa shape index (κ2) is 12.9. The third-order valence-electron chi connectivity index (χ3n) is 7.22. The quantitative estimate of drug-likeness (QED) is 0.294. The fourth-order valence-electron chi connectivity index (χ4n) is 5.09. The number of unbranched alkanes of at least 4 members (excludes halogenated alkanes) is 1. The molecule has 0 saturated heterocycles. The third kappa shape index (κ3) is 7.03. The number of benzene rings is 2. The Morgan fingerprint density at radius 3 is 2.42 bits per heavy atom. The van der Waals surface area contributed by atoms with E-state index in [1.165, 1.54) is 12.1 Å². The summed E-state index contributed by atoms with van der Waals surface area (Å²) in [7, 11) is -4.05. The summed E-state index contributed by atoms with van der Waals surface area (Å²) in [5.74, 6) is -0.574. The van der Waals surface area contributed by atoms with E-state index in [1.54, 1.807) is 16.7 Å². The molecule has 4 rings (SSSR count). The Morgan fingerprint density at radius 1 is 1.10 bits per heavy atom. The fraction of sp³-hybridized carbons (Fsp3) is 0.414. The van der Waals surface area contributed by atoms with Gasteiger partial charge in [0.2, 0.25) is 0 Å². The fourth-order valence-corrected chi connectivity index (χ4v) is 6.25. The number of carbonyl (C=O) groups is 2. The number of imidazole rings is 1. The molecule has 1 heterocycles. The van der Waals surface area contributed by atoms with Gasteiger partial charge >= 0.3 is 12.1 Å². The monoisotopic (exact) mass is 587 g/mol. The number of sulfonamides is 1. The molecule has 2 atom stereocenters. The minimum absolute atomic E-state index is 0.00563. The summed E-state index contributed by atoms with van der Waals surface area (Å²) in [5, 5.41) is 9.68. The van der Waals surface area contributed by atoms with Gasteiger partial charge in [-0.05, 0) is 55.9 Å². The molecule has 9 nitrogen and oxygen atoms in total. The molecule has 2 N–H and O–H groups in total. The van der Waals surface area contributed by atoms with Gasteiger partial charge in [0.25, 0.3) is 10.0 Å². The van der Waals surface area contributed by atoms with Crippen molar-refractivity contribution in [2.24, 2.45) is 0 Å². The molecular weight excluding hydrogens is 554 g/mol. The van der Waals surface area contributed by atoms with E-state index in [2.05, 4.69) is 11.9 Å². The van der Waals surface area contributed by atoms with E-state index < -0.39 is 28.2 Å². The first kappa shape index (κ1) is 29.6.